The smallest absolute Gasteiger partial charge is 0.231 e. The minimum absolute atomic E-state index is 0.0136. The van der Waals surface area contributed by atoms with Crippen LogP contribution >= 0.6 is 0 Å². The summed E-state index contributed by atoms with van der Waals surface area (Å²) in [6, 6.07) is 2.06. The normalized spacial score (nSPS) is 16.1. The largest absolute Gasteiger partial charge is 0.494 e. The number of hydrogen-bond donors (Lipinski definition) is 2. The maximum Gasteiger partial charge on any atom is 0.231 e. The highest BCUT2D eigenvalue weighted by atomic mass is 16.5. The molecule has 1 saturated carbocycles. The van der Waals surface area contributed by atoms with E-state index in [-0.39, 0.29) is 11.3 Å². The Labute approximate surface area is 114 Å². The van der Waals surface area contributed by atoms with Gasteiger partial charge in [-0.05, 0) is 50.3 Å². The highest BCUT2D eigenvalue weighted by molar-refractivity contribution is 5.99. The van der Waals surface area contributed by atoms with Crippen molar-refractivity contribution < 1.29 is 9.53 Å². The number of anilines is 1. The molecule has 2 rings (SSSR count). The summed E-state index contributed by atoms with van der Waals surface area (Å²) < 4.78 is 5.46. The quantitative estimate of drug-likeness (QED) is 0.875. The third-order valence-corrected chi connectivity index (χ3v) is 4.16. The molecule has 0 bridgehead atoms. The molecular formula is C15H22N2O2. The van der Waals surface area contributed by atoms with Crippen molar-refractivity contribution in [1.29, 1.82) is 0 Å². The Bertz CT molecular complexity index is 519. The van der Waals surface area contributed by atoms with Crippen LogP contribution in [0.2, 0.25) is 0 Å². The minimum atomic E-state index is -0.351. The average Bonchev–Trinajstić information content (AvgIpc) is 3.17. The Hall–Kier alpha value is -1.55. The van der Waals surface area contributed by atoms with Gasteiger partial charge >= 0.3 is 0 Å². The fraction of sp³-hybridized carbons (Fsp3) is 0.533. The summed E-state index contributed by atoms with van der Waals surface area (Å²) in [5, 5.41) is 3.01. The molecule has 0 radical (unpaired) electrons. The van der Waals surface area contributed by atoms with Crippen LogP contribution < -0.4 is 15.8 Å². The molecule has 0 heterocycles. The van der Waals surface area contributed by atoms with Gasteiger partial charge in [0, 0.05) is 6.54 Å². The SMILES string of the molecule is COc1c(C)c(C)cc(C)c1NC(=O)C1(CN)CC1. The van der Waals surface area contributed by atoms with E-state index in [0.717, 1.165) is 41.0 Å². The summed E-state index contributed by atoms with van der Waals surface area (Å²) >= 11 is 0. The van der Waals surface area contributed by atoms with Gasteiger partial charge in [-0.15, -0.1) is 0 Å². The van der Waals surface area contributed by atoms with E-state index in [9.17, 15) is 4.79 Å². The molecule has 4 heteroatoms. The van der Waals surface area contributed by atoms with E-state index in [1.165, 1.54) is 0 Å². The summed E-state index contributed by atoms with van der Waals surface area (Å²) in [6.45, 7) is 6.43. The lowest BCUT2D eigenvalue weighted by Gasteiger charge is -2.19. The van der Waals surface area contributed by atoms with Crippen molar-refractivity contribution >= 4 is 11.6 Å². The molecule has 3 N–H and O–H groups in total. The fourth-order valence-corrected chi connectivity index (χ4v) is 2.38. The fourth-order valence-electron chi connectivity index (χ4n) is 2.38. The molecule has 19 heavy (non-hydrogen) atoms. The molecular weight excluding hydrogens is 240 g/mol. The Morgan fingerprint density at radius 3 is 2.47 bits per heavy atom. The number of benzene rings is 1. The molecule has 1 fully saturated rings. The van der Waals surface area contributed by atoms with Crippen molar-refractivity contribution in [3.8, 4) is 5.75 Å². The van der Waals surface area contributed by atoms with Crippen LogP contribution in [0.25, 0.3) is 0 Å². The first-order chi connectivity index (χ1) is 8.95. The standard InChI is InChI=1S/C15H22N2O2/c1-9-7-10(2)12(13(19-4)11(9)3)17-14(18)15(8-16)5-6-15/h7H,5-6,8,16H2,1-4H3,(H,17,18). The predicted molar refractivity (Wildman–Crippen MR) is 76.6 cm³/mol. The third kappa shape index (κ3) is 2.32. The van der Waals surface area contributed by atoms with Crippen molar-refractivity contribution in [1.82, 2.24) is 0 Å². The van der Waals surface area contributed by atoms with E-state index in [4.69, 9.17) is 10.5 Å². The Morgan fingerprint density at radius 1 is 1.37 bits per heavy atom. The summed E-state index contributed by atoms with van der Waals surface area (Å²) in [4.78, 5) is 12.3. The number of rotatable bonds is 4. The summed E-state index contributed by atoms with van der Waals surface area (Å²) in [5.41, 5.74) is 9.35. The van der Waals surface area contributed by atoms with E-state index in [2.05, 4.69) is 11.4 Å². The van der Waals surface area contributed by atoms with Crippen molar-refractivity contribution in [2.45, 2.75) is 33.6 Å². The van der Waals surface area contributed by atoms with Crippen LogP contribution in [0.4, 0.5) is 5.69 Å². The zero-order valence-corrected chi connectivity index (χ0v) is 12.1. The summed E-state index contributed by atoms with van der Waals surface area (Å²) in [5.74, 6) is 0.762. The number of carbonyl (C=O) groups excluding carboxylic acids is 1. The van der Waals surface area contributed by atoms with Gasteiger partial charge in [0.15, 0.2) is 0 Å². The Balaban J connectivity index is 2.35. The van der Waals surface area contributed by atoms with Crippen LogP contribution in [-0.2, 0) is 4.79 Å². The van der Waals surface area contributed by atoms with Gasteiger partial charge in [-0.1, -0.05) is 6.07 Å². The second kappa shape index (κ2) is 4.85. The number of nitrogens with two attached hydrogens (primary N) is 1. The van der Waals surface area contributed by atoms with Crippen molar-refractivity contribution in [3.63, 3.8) is 0 Å². The van der Waals surface area contributed by atoms with Gasteiger partial charge in [-0.2, -0.15) is 0 Å². The van der Waals surface area contributed by atoms with Crippen LogP contribution in [0.3, 0.4) is 0 Å². The first kappa shape index (κ1) is 13.9. The molecule has 0 aromatic heterocycles. The van der Waals surface area contributed by atoms with Gasteiger partial charge in [-0.25, -0.2) is 0 Å². The minimum Gasteiger partial charge on any atom is -0.494 e. The highest BCUT2D eigenvalue weighted by Crippen LogP contribution is 2.46. The monoisotopic (exact) mass is 262 g/mol. The summed E-state index contributed by atoms with van der Waals surface area (Å²) in [6.07, 6.45) is 1.75. The number of methoxy groups -OCH3 is 1. The molecule has 1 aliphatic rings. The number of ether oxygens (including phenoxy) is 1. The maximum atomic E-state index is 12.3. The molecule has 0 aliphatic heterocycles. The topological polar surface area (TPSA) is 64.3 Å². The van der Waals surface area contributed by atoms with Gasteiger partial charge in [-0.3, -0.25) is 4.79 Å². The first-order valence-corrected chi connectivity index (χ1v) is 6.61. The highest BCUT2D eigenvalue weighted by Gasteiger charge is 2.48. The predicted octanol–water partition coefficient (Wildman–Crippen LogP) is 2.30. The lowest BCUT2D eigenvalue weighted by Crippen LogP contribution is -2.31. The second-order valence-corrected chi connectivity index (χ2v) is 5.48. The van der Waals surface area contributed by atoms with E-state index in [0.29, 0.717) is 6.54 Å². The second-order valence-electron chi connectivity index (χ2n) is 5.48. The van der Waals surface area contributed by atoms with E-state index in [1.807, 2.05) is 20.8 Å². The van der Waals surface area contributed by atoms with Crippen LogP contribution in [0.1, 0.15) is 29.5 Å². The van der Waals surface area contributed by atoms with Crippen LogP contribution in [-0.4, -0.2) is 19.6 Å². The van der Waals surface area contributed by atoms with Crippen LogP contribution in [0, 0.1) is 26.2 Å². The summed E-state index contributed by atoms with van der Waals surface area (Å²) in [7, 11) is 1.63. The molecule has 0 unspecified atom stereocenters. The van der Waals surface area contributed by atoms with E-state index in [1.54, 1.807) is 7.11 Å². The zero-order chi connectivity index (χ0) is 14.2. The molecule has 104 valence electrons. The molecule has 1 aromatic rings. The number of carbonyl (C=O) groups is 1. The molecule has 1 aromatic carbocycles. The molecule has 1 aliphatic carbocycles. The Kier molecular flexibility index (Phi) is 3.54. The van der Waals surface area contributed by atoms with E-state index >= 15 is 0 Å². The van der Waals surface area contributed by atoms with Gasteiger partial charge in [0.2, 0.25) is 5.91 Å². The molecule has 0 saturated heterocycles. The number of nitrogens with one attached hydrogen (secondary N) is 1. The first-order valence-electron chi connectivity index (χ1n) is 6.61. The lowest BCUT2D eigenvalue weighted by atomic mass is 10.0. The van der Waals surface area contributed by atoms with Crippen molar-refractivity contribution in [3.05, 3.63) is 22.8 Å². The van der Waals surface area contributed by atoms with Gasteiger partial charge in [0.25, 0.3) is 0 Å². The van der Waals surface area contributed by atoms with Gasteiger partial charge in [0.1, 0.15) is 5.75 Å². The third-order valence-electron chi connectivity index (χ3n) is 4.16. The van der Waals surface area contributed by atoms with Crippen molar-refractivity contribution in [2.24, 2.45) is 11.1 Å². The molecule has 0 atom stereocenters. The number of aryl methyl sites for hydroxylation is 2. The Morgan fingerprint density at radius 2 is 2.00 bits per heavy atom. The maximum absolute atomic E-state index is 12.3. The zero-order valence-electron chi connectivity index (χ0n) is 12.1. The van der Waals surface area contributed by atoms with Crippen molar-refractivity contribution in [2.75, 3.05) is 19.0 Å². The number of hydrogen-bond acceptors (Lipinski definition) is 3. The molecule has 4 nitrogen and oxygen atoms in total. The van der Waals surface area contributed by atoms with E-state index < -0.39 is 0 Å². The average molecular weight is 262 g/mol. The molecule has 0 spiro atoms. The van der Waals surface area contributed by atoms with Gasteiger partial charge in [0.05, 0.1) is 18.2 Å². The lowest BCUT2D eigenvalue weighted by molar-refractivity contribution is -0.120. The molecule has 1 amide bonds. The van der Waals surface area contributed by atoms with Crippen LogP contribution in [0.15, 0.2) is 6.07 Å². The van der Waals surface area contributed by atoms with Crippen LogP contribution in [0.5, 0.6) is 5.75 Å². The number of amides is 1. The van der Waals surface area contributed by atoms with Gasteiger partial charge < -0.3 is 15.8 Å².